The van der Waals surface area contributed by atoms with Crippen LogP contribution in [0, 0.1) is 3.57 Å². The molecule has 1 atom stereocenters. The molecular weight excluding hydrogens is 399 g/mol. The quantitative estimate of drug-likeness (QED) is 0.519. The molecule has 1 heterocycles. The van der Waals surface area contributed by atoms with Gasteiger partial charge in [0.1, 0.15) is 5.75 Å². The third-order valence-electron chi connectivity index (χ3n) is 3.76. The molecule has 0 amide bonds. The summed E-state index contributed by atoms with van der Waals surface area (Å²) >= 11 is 8.26. The molecule has 4 heteroatoms. The van der Waals surface area contributed by atoms with Gasteiger partial charge in [0.25, 0.3) is 0 Å². The first-order chi connectivity index (χ1) is 10.1. The molecule has 0 saturated carbocycles. The van der Waals surface area contributed by atoms with Crippen molar-refractivity contribution in [2.24, 2.45) is 0 Å². The predicted octanol–water partition coefficient (Wildman–Crippen LogP) is 5.08. The van der Waals surface area contributed by atoms with Crippen LogP contribution in [0.15, 0.2) is 42.5 Å². The molecule has 0 aromatic heterocycles. The number of fused-ring (bicyclic) bond motifs is 1. The lowest BCUT2D eigenvalue weighted by atomic mass is 9.87. The molecule has 2 aromatic carbocycles. The maximum atomic E-state index is 12.5. The Hall–Kier alpha value is -1.07. The van der Waals surface area contributed by atoms with E-state index in [1.54, 1.807) is 6.07 Å². The molecule has 0 spiro atoms. The molecular formula is C17H14ClIO2. The normalized spacial score (nSPS) is 17.0. The zero-order valence-corrected chi connectivity index (χ0v) is 14.2. The SMILES string of the molecule is O=C(CC1CCOc2ccccc21)c1ccc(I)c(Cl)c1. The molecule has 2 aromatic rings. The monoisotopic (exact) mass is 412 g/mol. The number of ketones is 1. The molecule has 0 bridgehead atoms. The second kappa shape index (κ2) is 6.36. The van der Waals surface area contributed by atoms with E-state index in [1.807, 2.05) is 36.4 Å². The minimum absolute atomic E-state index is 0.134. The van der Waals surface area contributed by atoms with Gasteiger partial charge < -0.3 is 4.74 Å². The second-order valence-corrected chi connectivity index (χ2v) is 6.70. The van der Waals surface area contributed by atoms with Gasteiger partial charge in [-0.3, -0.25) is 4.79 Å². The summed E-state index contributed by atoms with van der Waals surface area (Å²) in [7, 11) is 0. The maximum absolute atomic E-state index is 12.5. The lowest BCUT2D eigenvalue weighted by Gasteiger charge is -2.25. The molecule has 0 fully saturated rings. The zero-order valence-electron chi connectivity index (χ0n) is 11.3. The van der Waals surface area contributed by atoms with Gasteiger partial charge >= 0.3 is 0 Å². The lowest BCUT2D eigenvalue weighted by Crippen LogP contribution is -2.17. The summed E-state index contributed by atoms with van der Waals surface area (Å²) in [6, 6.07) is 13.5. The third-order valence-corrected chi connectivity index (χ3v) is 5.33. The number of ether oxygens (including phenoxy) is 1. The smallest absolute Gasteiger partial charge is 0.163 e. The number of halogens is 2. The number of para-hydroxylation sites is 1. The molecule has 0 radical (unpaired) electrons. The Morgan fingerprint density at radius 1 is 1.29 bits per heavy atom. The van der Waals surface area contributed by atoms with Crippen LogP contribution in [-0.4, -0.2) is 12.4 Å². The van der Waals surface area contributed by atoms with E-state index in [-0.39, 0.29) is 11.7 Å². The van der Waals surface area contributed by atoms with Crippen molar-refractivity contribution in [3.8, 4) is 5.75 Å². The van der Waals surface area contributed by atoms with E-state index in [2.05, 4.69) is 22.6 Å². The first-order valence-electron chi connectivity index (χ1n) is 6.85. The van der Waals surface area contributed by atoms with Gasteiger partial charge in [-0.15, -0.1) is 0 Å². The van der Waals surface area contributed by atoms with Crippen LogP contribution in [0.25, 0.3) is 0 Å². The van der Waals surface area contributed by atoms with Gasteiger partial charge in [0.05, 0.1) is 11.6 Å². The molecule has 1 aliphatic heterocycles. The van der Waals surface area contributed by atoms with Crippen LogP contribution in [0.2, 0.25) is 5.02 Å². The van der Waals surface area contributed by atoms with E-state index in [1.165, 1.54) is 0 Å². The molecule has 1 unspecified atom stereocenters. The highest BCUT2D eigenvalue weighted by Gasteiger charge is 2.24. The van der Waals surface area contributed by atoms with Crippen molar-refractivity contribution < 1.29 is 9.53 Å². The average Bonchev–Trinajstić information content (AvgIpc) is 2.50. The van der Waals surface area contributed by atoms with Crippen molar-refractivity contribution in [1.29, 1.82) is 0 Å². The number of carbonyl (C=O) groups excluding carboxylic acids is 1. The number of Topliss-reactive ketones (excluding diaryl/α,β-unsaturated/α-hetero) is 1. The highest BCUT2D eigenvalue weighted by atomic mass is 127. The molecule has 21 heavy (non-hydrogen) atoms. The van der Waals surface area contributed by atoms with Crippen molar-refractivity contribution in [1.82, 2.24) is 0 Å². The molecule has 1 aliphatic rings. The van der Waals surface area contributed by atoms with Crippen molar-refractivity contribution >= 4 is 40.0 Å². The minimum atomic E-state index is 0.134. The molecule has 0 saturated heterocycles. The Balaban J connectivity index is 1.81. The summed E-state index contributed by atoms with van der Waals surface area (Å²) in [5.74, 6) is 1.26. The summed E-state index contributed by atoms with van der Waals surface area (Å²) in [5, 5.41) is 0.633. The van der Waals surface area contributed by atoms with E-state index in [4.69, 9.17) is 16.3 Å². The molecule has 108 valence electrons. The topological polar surface area (TPSA) is 26.3 Å². The fourth-order valence-electron chi connectivity index (χ4n) is 2.64. The van der Waals surface area contributed by atoms with E-state index < -0.39 is 0 Å². The molecule has 2 nitrogen and oxygen atoms in total. The van der Waals surface area contributed by atoms with E-state index >= 15 is 0 Å². The Morgan fingerprint density at radius 3 is 2.90 bits per heavy atom. The number of hydrogen-bond donors (Lipinski definition) is 0. The van der Waals surface area contributed by atoms with Crippen molar-refractivity contribution in [2.75, 3.05) is 6.61 Å². The number of rotatable bonds is 3. The van der Waals surface area contributed by atoms with Crippen LogP contribution in [-0.2, 0) is 0 Å². The third kappa shape index (κ3) is 3.24. The summed E-state index contributed by atoms with van der Waals surface area (Å²) in [4.78, 5) is 12.5. The number of hydrogen-bond acceptors (Lipinski definition) is 2. The van der Waals surface area contributed by atoms with Gasteiger partial charge in [-0.1, -0.05) is 35.9 Å². The Labute approximate surface area is 142 Å². The summed E-state index contributed by atoms with van der Waals surface area (Å²) in [5.41, 5.74) is 1.82. The standard InChI is InChI=1S/C17H14ClIO2/c18-14-9-12(5-6-15(14)19)16(20)10-11-7-8-21-17-4-2-1-3-13(11)17/h1-6,9,11H,7-8,10H2. The van der Waals surface area contributed by atoms with E-state index in [9.17, 15) is 4.79 Å². The second-order valence-electron chi connectivity index (χ2n) is 5.13. The Morgan fingerprint density at radius 2 is 2.10 bits per heavy atom. The van der Waals surface area contributed by atoms with E-state index in [0.717, 1.165) is 21.3 Å². The molecule has 0 N–H and O–H groups in total. The van der Waals surface area contributed by atoms with Crippen LogP contribution in [0.1, 0.15) is 34.7 Å². The lowest BCUT2D eigenvalue weighted by molar-refractivity contribution is 0.0966. The average molecular weight is 413 g/mol. The highest BCUT2D eigenvalue weighted by molar-refractivity contribution is 14.1. The Kier molecular flexibility index (Phi) is 4.50. The van der Waals surface area contributed by atoms with Crippen LogP contribution in [0.3, 0.4) is 0 Å². The fraction of sp³-hybridized carbons (Fsp3) is 0.235. The number of carbonyl (C=O) groups is 1. The summed E-state index contributed by atoms with van der Waals surface area (Å²) < 4.78 is 6.60. The predicted molar refractivity (Wildman–Crippen MR) is 92.4 cm³/mol. The van der Waals surface area contributed by atoms with Crippen LogP contribution in [0.4, 0.5) is 0 Å². The van der Waals surface area contributed by atoms with Gasteiger partial charge in [0, 0.05) is 15.6 Å². The van der Waals surface area contributed by atoms with Crippen LogP contribution < -0.4 is 4.74 Å². The molecule has 3 rings (SSSR count). The largest absolute Gasteiger partial charge is 0.493 e. The van der Waals surface area contributed by atoms with Gasteiger partial charge in [0.15, 0.2) is 5.78 Å². The van der Waals surface area contributed by atoms with Crippen LogP contribution >= 0.6 is 34.2 Å². The van der Waals surface area contributed by atoms with Crippen molar-refractivity contribution in [3.05, 3.63) is 62.2 Å². The van der Waals surface area contributed by atoms with Crippen molar-refractivity contribution in [3.63, 3.8) is 0 Å². The first-order valence-corrected chi connectivity index (χ1v) is 8.31. The highest BCUT2D eigenvalue weighted by Crippen LogP contribution is 2.36. The maximum Gasteiger partial charge on any atom is 0.163 e. The summed E-state index contributed by atoms with van der Waals surface area (Å²) in [6.07, 6.45) is 1.37. The Bertz CT molecular complexity index is 684. The summed E-state index contributed by atoms with van der Waals surface area (Å²) in [6.45, 7) is 0.669. The van der Waals surface area contributed by atoms with Gasteiger partial charge in [-0.2, -0.15) is 0 Å². The minimum Gasteiger partial charge on any atom is -0.493 e. The van der Waals surface area contributed by atoms with Crippen molar-refractivity contribution in [2.45, 2.75) is 18.8 Å². The van der Waals surface area contributed by atoms with Gasteiger partial charge in [0.2, 0.25) is 0 Å². The van der Waals surface area contributed by atoms with E-state index in [0.29, 0.717) is 23.6 Å². The number of benzene rings is 2. The van der Waals surface area contributed by atoms with Gasteiger partial charge in [-0.05, 0) is 58.7 Å². The van der Waals surface area contributed by atoms with Crippen LogP contribution in [0.5, 0.6) is 5.75 Å². The first kappa shape index (κ1) is 14.9. The fourth-order valence-corrected chi connectivity index (χ4v) is 3.16. The van der Waals surface area contributed by atoms with Gasteiger partial charge in [-0.25, -0.2) is 0 Å². The molecule has 0 aliphatic carbocycles. The zero-order chi connectivity index (χ0) is 14.8.